The molecule has 1 amide bonds. The average Bonchev–Trinajstić information content (AvgIpc) is 2.47. The minimum Gasteiger partial charge on any atom is -0.337 e. The number of hydrogen-bond acceptors (Lipinski definition) is 2. The molecule has 0 aliphatic heterocycles. The Balaban J connectivity index is 2.11. The number of nitriles is 1. The fourth-order valence-electron chi connectivity index (χ4n) is 1.90. The fraction of sp³-hybridized carbons (Fsp3) is 0.125. The number of rotatable bonds is 3. The van der Waals surface area contributed by atoms with E-state index in [2.05, 4.69) is 6.07 Å². The Morgan fingerprint density at radius 2 is 1.95 bits per heavy atom. The van der Waals surface area contributed by atoms with Crippen LogP contribution in [0.3, 0.4) is 0 Å². The van der Waals surface area contributed by atoms with Crippen LogP contribution < -0.4 is 0 Å². The molecule has 0 aromatic heterocycles. The van der Waals surface area contributed by atoms with Gasteiger partial charge < -0.3 is 4.90 Å². The summed E-state index contributed by atoms with van der Waals surface area (Å²) in [6, 6.07) is 16.1. The molecule has 0 heterocycles. The summed E-state index contributed by atoms with van der Waals surface area (Å²) in [7, 11) is 1.73. The van der Waals surface area contributed by atoms with Gasteiger partial charge in [-0.3, -0.25) is 4.79 Å². The summed E-state index contributed by atoms with van der Waals surface area (Å²) >= 11 is 5.80. The Bertz CT molecular complexity index is 659. The Hall–Kier alpha value is -2.31. The van der Waals surface area contributed by atoms with E-state index in [1.807, 2.05) is 12.1 Å². The maximum absolute atomic E-state index is 12.2. The highest BCUT2D eigenvalue weighted by molar-refractivity contribution is 6.30. The van der Waals surface area contributed by atoms with Crippen LogP contribution in [0.1, 0.15) is 21.5 Å². The topological polar surface area (TPSA) is 44.1 Å². The van der Waals surface area contributed by atoms with E-state index in [-0.39, 0.29) is 5.91 Å². The number of carbonyl (C=O) groups is 1. The number of hydrogen-bond donors (Lipinski definition) is 0. The Labute approximate surface area is 123 Å². The van der Waals surface area contributed by atoms with Gasteiger partial charge >= 0.3 is 0 Å². The summed E-state index contributed by atoms with van der Waals surface area (Å²) in [6.45, 7) is 0.455. The van der Waals surface area contributed by atoms with Crippen molar-refractivity contribution >= 4 is 17.5 Å². The Morgan fingerprint density at radius 3 is 2.60 bits per heavy atom. The first-order chi connectivity index (χ1) is 9.60. The predicted molar refractivity (Wildman–Crippen MR) is 78.4 cm³/mol. The number of nitrogens with zero attached hydrogens (tertiary/aromatic N) is 2. The van der Waals surface area contributed by atoms with Crippen molar-refractivity contribution in [2.75, 3.05) is 7.05 Å². The zero-order chi connectivity index (χ0) is 14.5. The van der Waals surface area contributed by atoms with E-state index in [9.17, 15) is 4.79 Å². The minimum absolute atomic E-state index is 0.0796. The van der Waals surface area contributed by atoms with Crippen LogP contribution in [0, 0.1) is 11.3 Å². The second kappa shape index (κ2) is 6.23. The number of amides is 1. The minimum atomic E-state index is -0.0796. The quantitative estimate of drug-likeness (QED) is 0.866. The van der Waals surface area contributed by atoms with Crippen LogP contribution in [-0.2, 0) is 6.54 Å². The average molecular weight is 285 g/mol. The van der Waals surface area contributed by atoms with Gasteiger partial charge in [-0.25, -0.2) is 0 Å². The molecule has 0 saturated heterocycles. The molecule has 2 rings (SSSR count). The maximum atomic E-state index is 12.2. The lowest BCUT2D eigenvalue weighted by Gasteiger charge is -2.17. The van der Waals surface area contributed by atoms with E-state index < -0.39 is 0 Å². The predicted octanol–water partition coefficient (Wildman–Crippen LogP) is 3.48. The Kier molecular flexibility index (Phi) is 4.39. The van der Waals surface area contributed by atoms with E-state index in [1.165, 1.54) is 0 Å². The van der Waals surface area contributed by atoms with Crippen LogP contribution in [0.2, 0.25) is 5.02 Å². The summed E-state index contributed by atoms with van der Waals surface area (Å²) in [5, 5.41) is 9.47. The summed E-state index contributed by atoms with van der Waals surface area (Å²) in [5.74, 6) is -0.0796. The van der Waals surface area contributed by atoms with Crippen LogP contribution >= 0.6 is 11.6 Å². The van der Waals surface area contributed by atoms with E-state index in [0.29, 0.717) is 22.7 Å². The molecule has 0 aliphatic carbocycles. The second-order valence-electron chi connectivity index (χ2n) is 4.48. The van der Waals surface area contributed by atoms with Gasteiger partial charge in [0.05, 0.1) is 11.6 Å². The first-order valence-electron chi connectivity index (χ1n) is 6.10. The summed E-state index contributed by atoms with van der Waals surface area (Å²) in [4.78, 5) is 13.8. The molecule has 0 aliphatic rings. The number of benzene rings is 2. The van der Waals surface area contributed by atoms with Crippen molar-refractivity contribution < 1.29 is 4.79 Å². The second-order valence-corrected chi connectivity index (χ2v) is 4.92. The van der Waals surface area contributed by atoms with Gasteiger partial charge in [-0.1, -0.05) is 23.7 Å². The highest BCUT2D eigenvalue weighted by Crippen LogP contribution is 2.13. The normalized spacial score (nSPS) is 9.85. The zero-order valence-electron chi connectivity index (χ0n) is 11.0. The van der Waals surface area contributed by atoms with Crippen molar-refractivity contribution in [2.24, 2.45) is 0 Å². The molecule has 3 nitrogen and oxygen atoms in total. The van der Waals surface area contributed by atoms with E-state index in [0.717, 1.165) is 5.56 Å². The van der Waals surface area contributed by atoms with Gasteiger partial charge in [-0.15, -0.1) is 0 Å². The molecule has 0 fully saturated rings. The highest BCUT2D eigenvalue weighted by Gasteiger charge is 2.12. The van der Waals surface area contributed by atoms with Gasteiger partial charge in [0.25, 0.3) is 5.91 Å². The monoisotopic (exact) mass is 284 g/mol. The van der Waals surface area contributed by atoms with Gasteiger partial charge in [-0.2, -0.15) is 5.26 Å². The molecule has 0 spiro atoms. The molecule has 0 N–H and O–H groups in total. The molecule has 0 radical (unpaired) electrons. The third-order valence-electron chi connectivity index (χ3n) is 2.91. The molecular weight excluding hydrogens is 272 g/mol. The standard InChI is InChI=1S/C16H13ClN2O/c1-19(11-13-4-2-3-12(9-13)10-18)16(20)14-5-7-15(17)8-6-14/h2-9H,11H2,1H3. The zero-order valence-corrected chi connectivity index (χ0v) is 11.8. The molecule has 2 aromatic rings. The van der Waals surface area contributed by atoms with Gasteiger partial charge in [0.15, 0.2) is 0 Å². The third kappa shape index (κ3) is 3.37. The van der Waals surface area contributed by atoms with E-state index in [4.69, 9.17) is 16.9 Å². The van der Waals surface area contributed by atoms with Gasteiger partial charge in [-0.05, 0) is 42.0 Å². The van der Waals surface area contributed by atoms with E-state index >= 15 is 0 Å². The summed E-state index contributed by atoms with van der Waals surface area (Å²) in [6.07, 6.45) is 0. The van der Waals surface area contributed by atoms with Crippen molar-refractivity contribution in [3.63, 3.8) is 0 Å². The van der Waals surface area contributed by atoms with Crippen molar-refractivity contribution in [2.45, 2.75) is 6.54 Å². The van der Waals surface area contributed by atoms with Gasteiger partial charge in [0.2, 0.25) is 0 Å². The SMILES string of the molecule is CN(Cc1cccc(C#N)c1)C(=O)c1ccc(Cl)cc1. The lowest BCUT2D eigenvalue weighted by molar-refractivity contribution is 0.0785. The highest BCUT2D eigenvalue weighted by atomic mass is 35.5. The smallest absolute Gasteiger partial charge is 0.253 e. The van der Waals surface area contributed by atoms with Crippen molar-refractivity contribution in [1.29, 1.82) is 5.26 Å². The molecule has 100 valence electrons. The summed E-state index contributed by atoms with van der Waals surface area (Å²) < 4.78 is 0. The van der Waals surface area contributed by atoms with E-state index in [1.54, 1.807) is 48.3 Å². The van der Waals surface area contributed by atoms with Crippen molar-refractivity contribution in [1.82, 2.24) is 4.90 Å². The molecule has 4 heteroatoms. The van der Waals surface area contributed by atoms with Crippen LogP contribution in [0.4, 0.5) is 0 Å². The van der Waals surface area contributed by atoms with Crippen LogP contribution in [0.5, 0.6) is 0 Å². The first-order valence-corrected chi connectivity index (χ1v) is 6.48. The third-order valence-corrected chi connectivity index (χ3v) is 3.17. The molecule has 2 aromatic carbocycles. The fourth-order valence-corrected chi connectivity index (χ4v) is 2.02. The molecule has 0 saturated carbocycles. The first kappa shape index (κ1) is 14.1. The maximum Gasteiger partial charge on any atom is 0.253 e. The van der Waals surface area contributed by atoms with Gasteiger partial charge in [0, 0.05) is 24.2 Å². The molecule has 20 heavy (non-hydrogen) atoms. The molecule has 0 bridgehead atoms. The molecule has 0 unspecified atom stereocenters. The van der Waals surface area contributed by atoms with Crippen LogP contribution in [0.25, 0.3) is 0 Å². The lowest BCUT2D eigenvalue weighted by atomic mass is 10.1. The molecular formula is C16H13ClN2O. The number of halogens is 1. The molecule has 0 atom stereocenters. The van der Waals surface area contributed by atoms with Crippen LogP contribution in [-0.4, -0.2) is 17.9 Å². The number of carbonyl (C=O) groups excluding carboxylic acids is 1. The van der Waals surface area contributed by atoms with Crippen LogP contribution in [0.15, 0.2) is 48.5 Å². The van der Waals surface area contributed by atoms with Gasteiger partial charge in [0.1, 0.15) is 0 Å². The summed E-state index contributed by atoms with van der Waals surface area (Å²) in [5.41, 5.74) is 2.11. The lowest BCUT2D eigenvalue weighted by Crippen LogP contribution is -2.26. The van der Waals surface area contributed by atoms with Crippen molar-refractivity contribution in [3.8, 4) is 6.07 Å². The van der Waals surface area contributed by atoms with Crippen molar-refractivity contribution in [3.05, 3.63) is 70.2 Å². The largest absolute Gasteiger partial charge is 0.337 e. The Morgan fingerprint density at radius 1 is 1.25 bits per heavy atom.